The molecular formula is C11H14F3N. The molecule has 1 aromatic rings. The molecule has 0 aliphatic heterocycles. The summed E-state index contributed by atoms with van der Waals surface area (Å²) in [6, 6.07) is 1.48. The Morgan fingerprint density at radius 1 is 1.20 bits per heavy atom. The average molecular weight is 217 g/mol. The summed E-state index contributed by atoms with van der Waals surface area (Å²) in [4.78, 5) is 0. The van der Waals surface area contributed by atoms with E-state index in [-0.39, 0.29) is 0 Å². The van der Waals surface area contributed by atoms with Crippen LogP contribution >= 0.6 is 0 Å². The predicted octanol–water partition coefficient (Wildman–Crippen LogP) is 3.29. The van der Waals surface area contributed by atoms with Gasteiger partial charge in [0.15, 0.2) is 17.5 Å². The number of nitrogens with two attached hydrogens (primary N) is 1. The van der Waals surface area contributed by atoms with Crippen molar-refractivity contribution in [2.75, 3.05) is 0 Å². The molecule has 15 heavy (non-hydrogen) atoms. The number of hydrogen-bond donors (Lipinski definition) is 1. The molecular weight excluding hydrogens is 203 g/mol. The van der Waals surface area contributed by atoms with E-state index in [4.69, 9.17) is 5.73 Å². The van der Waals surface area contributed by atoms with Gasteiger partial charge in [-0.3, -0.25) is 0 Å². The molecule has 1 nitrogen and oxygen atoms in total. The topological polar surface area (TPSA) is 26.0 Å². The van der Waals surface area contributed by atoms with Crippen molar-refractivity contribution in [3.05, 3.63) is 35.1 Å². The van der Waals surface area contributed by atoms with Gasteiger partial charge >= 0.3 is 0 Å². The molecule has 2 N–H and O–H groups in total. The molecule has 0 saturated carbocycles. The van der Waals surface area contributed by atoms with Crippen LogP contribution in [-0.2, 0) is 0 Å². The van der Waals surface area contributed by atoms with Crippen LogP contribution < -0.4 is 5.73 Å². The molecule has 0 unspecified atom stereocenters. The molecule has 1 rings (SSSR count). The van der Waals surface area contributed by atoms with Crippen LogP contribution in [0.1, 0.15) is 37.8 Å². The SMILES string of the molecule is CCCC[C@@H](N)c1cc(F)c(F)c(F)c1. The summed E-state index contributed by atoms with van der Waals surface area (Å²) in [5.41, 5.74) is 6.02. The summed E-state index contributed by atoms with van der Waals surface area (Å²) in [5, 5.41) is 0. The molecule has 0 fully saturated rings. The number of unbranched alkanes of at least 4 members (excludes halogenated alkanes) is 1. The second-order valence-corrected chi connectivity index (χ2v) is 3.55. The lowest BCUT2D eigenvalue weighted by Crippen LogP contribution is -2.11. The summed E-state index contributed by atoms with van der Waals surface area (Å²) in [6.45, 7) is 2.00. The molecule has 0 saturated heterocycles. The maximum Gasteiger partial charge on any atom is 0.194 e. The van der Waals surface area contributed by atoms with E-state index in [0.717, 1.165) is 25.0 Å². The smallest absolute Gasteiger partial charge is 0.194 e. The fourth-order valence-electron chi connectivity index (χ4n) is 1.38. The third-order valence-electron chi connectivity index (χ3n) is 2.30. The Morgan fingerprint density at radius 2 is 1.73 bits per heavy atom. The largest absolute Gasteiger partial charge is 0.324 e. The zero-order valence-electron chi connectivity index (χ0n) is 8.56. The monoisotopic (exact) mass is 217 g/mol. The Hall–Kier alpha value is -1.03. The van der Waals surface area contributed by atoms with E-state index in [1.54, 1.807) is 0 Å². The zero-order valence-corrected chi connectivity index (χ0v) is 8.56. The van der Waals surface area contributed by atoms with Crippen molar-refractivity contribution < 1.29 is 13.2 Å². The Morgan fingerprint density at radius 3 is 2.20 bits per heavy atom. The minimum absolute atomic E-state index is 0.305. The van der Waals surface area contributed by atoms with Crippen molar-refractivity contribution in [1.82, 2.24) is 0 Å². The second-order valence-electron chi connectivity index (χ2n) is 3.55. The van der Waals surface area contributed by atoms with Gasteiger partial charge in [0.2, 0.25) is 0 Å². The summed E-state index contributed by atoms with van der Waals surface area (Å²) >= 11 is 0. The van der Waals surface area contributed by atoms with Crippen molar-refractivity contribution in [1.29, 1.82) is 0 Å². The number of hydrogen-bond acceptors (Lipinski definition) is 1. The first-order valence-electron chi connectivity index (χ1n) is 4.96. The van der Waals surface area contributed by atoms with Crippen molar-refractivity contribution in [3.8, 4) is 0 Å². The third kappa shape index (κ3) is 2.96. The molecule has 1 atom stereocenters. The molecule has 0 spiro atoms. The summed E-state index contributed by atoms with van der Waals surface area (Å²) < 4.78 is 38.3. The lowest BCUT2D eigenvalue weighted by molar-refractivity contribution is 0.442. The van der Waals surface area contributed by atoms with E-state index >= 15 is 0 Å². The number of rotatable bonds is 4. The first-order valence-corrected chi connectivity index (χ1v) is 4.96. The molecule has 0 radical (unpaired) electrons. The molecule has 0 aromatic heterocycles. The van der Waals surface area contributed by atoms with Crippen LogP contribution in [0.3, 0.4) is 0 Å². The molecule has 0 aliphatic carbocycles. The van der Waals surface area contributed by atoms with Crippen LogP contribution in [0.5, 0.6) is 0 Å². The Kier molecular flexibility index (Phi) is 4.15. The van der Waals surface area contributed by atoms with Crippen LogP contribution in [-0.4, -0.2) is 0 Å². The van der Waals surface area contributed by atoms with Gasteiger partial charge in [-0.25, -0.2) is 13.2 Å². The van der Waals surface area contributed by atoms with Crippen molar-refractivity contribution in [2.24, 2.45) is 5.73 Å². The predicted molar refractivity (Wildman–Crippen MR) is 52.8 cm³/mol. The molecule has 0 aliphatic rings. The van der Waals surface area contributed by atoms with Gasteiger partial charge in [0, 0.05) is 6.04 Å². The number of halogens is 3. The lowest BCUT2D eigenvalue weighted by atomic mass is 10.0. The van der Waals surface area contributed by atoms with Gasteiger partial charge in [0.05, 0.1) is 0 Å². The molecule has 4 heteroatoms. The normalized spacial score (nSPS) is 12.9. The van der Waals surface area contributed by atoms with Crippen molar-refractivity contribution in [2.45, 2.75) is 32.2 Å². The Bertz CT molecular complexity index is 316. The minimum Gasteiger partial charge on any atom is -0.324 e. The highest BCUT2D eigenvalue weighted by Crippen LogP contribution is 2.21. The third-order valence-corrected chi connectivity index (χ3v) is 2.30. The second kappa shape index (κ2) is 5.16. The average Bonchev–Trinajstić information content (AvgIpc) is 2.21. The van der Waals surface area contributed by atoms with E-state index in [9.17, 15) is 13.2 Å². The highest BCUT2D eigenvalue weighted by Gasteiger charge is 2.14. The number of benzene rings is 1. The highest BCUT2D eigenvalue weighted by molar-refractivity contribution is 5.22. The molecule has 84 valence electrons. The van der Waals surface area contributed by atoms with E-state index in [1.165, 1.54) is 0 Å². The van der Waals surface area contributed by atoms with Crippen molar-refractivity contribution in [3.63, 3.8) is 0 Å². The van der Waals surface area contributed by atoms with Gasteiger partial charge in [-0.05, 0) is 24.1 Å². The van der Waals surface area contributed by atoms with Crippen LogP contribution in [0.4, 0.5) is 13.2 Å². The van der Waals surface area contributed by atoms with E-state index in [2.05, 4.69) is 0 Å². The maximum absolute atomic E-state index is 12.9. The quantitative estimate of drug-likeness (QED) is 0.769. The van der Waals surface area contributed by atoms with Crippen LogP contribution in [0, 0.1) is 17.5 Å². The maximum atomic E-state index is 12.9. The minimum atomic E-state index is -1.44. The van der Waals surface area contributed by atoms with Crippen LogP contribution in [0.2, 0.25) is 0 Å². The van der Waals surface area contributed by atoms with E-state index in [1.807, 2.05) is 6.92 Å². The molecule has 0 bridgehead atoms. The summed E-state index contributed by atoms with van der Waals surface area (Å²) in [7, 11) is 0. The molecule has 1 aromatic carbocycles. The first kappa shape index (κ1) is 12.0. The van der Waals surface area contributed by atoms with E-state index < -0.39 is 23.5 Å². The fraction of sp³-hybridized carbons (Fsp3) is 0.455. The van der Waals surface area contributed by atoms with Gasteiger partial charge in [0.25, 0.3) is 0 Å². The van der Waals surface area contributed by atoms with Crippen LogP contribution in [0.15, 0.2) is 12.1 Å². The van der Waals surface area contributed by atoms with Gasteiger partial charge in [-0.1, -0.05) is 19.8 Å². The van der Waals surface area contributed by atoms with Gasteiger partial charge in [-0.2, -0.15) is 0 Å². The Labute approximate surface area is 87.1 Å². The Balaban J connectivity index is 2.86. The van der Waals surface area contributed by atoms with Gasteiger partial charge in [-0.15, -0.1) is 0 Å². The van der Waals surface area contributed by atoms with Crippen molar-refractivity contribution >= 4 is 0 Å². The fourth-order valence-corrected chi connectivity index (χ4v) is 1.38. The van der Waals surface area contributed by atoms with Crippen LogP contribution in [0.25, 0.3) is 0 Å². The van der Waals surface area contributed by atoms with E-state index in [0.29, 0.717) is 12.0 Å². The molecule has 0 heterocycles. The lowest BCUT2D eigenvalue weighted by Gasteiger charge is -2.11. The zero-order chi connectivity index (χ0) is 11.4. The first-order chi connectivity index (χ1) is 7.06. The van der Waals surface area contributed by atoms with Gasteiger partial charge < -0.3 is 5.73 Å². The van der Waals surface area contributed by atoms with Gasteiger partial charge in [0.1, 0.15) is 0 Å². The highest BCUT2D eigenvalue weighted by atomic mass is 19.2. The summed E-state index contributed by atoms with van der Waals surface area (Å²) in [6.07, 6.45) is 2.47. The summed E-state index contributed by atoms with van der Waals surface area (Å²) in [5.74, 6) is -3.81. The standard InChI is InChI=1S/C11H14F3N/c1-2-3-4-10(15)7-5-8(12)11(14)9(13)6-7/h5-6,10H,2-4,15H2,1H3/t10-/m1/s1. The molecule has 0 amide bonds.